The first-order chi connectivity index (χ1) is 10.1. The predicted octanol–water partition coefficient (Wildman–Crippen LogP) is 3.92. The number of aliphatic hydroxyl groups is 1. The van der Waals surface area contributed by atoms with Crippen molar-refractivity contribution < 1.29 is 5.11 Å². The lowest BCUT2D eigenvalue weighted by atomic mass is 10.0. The summed E-state index contributed by atoms with van der Waals surface area (Å²) in [6.45, 7) is 1.95. The number of benzene rings is 2. The van der Waals surface area contributed by atoms with Gasteiger partial charge in [-0.25, -0.2) is 4.68 Å². The number of rotatable bonds is 3. The summed E-state index contributed by atoms with van der Waals surface area (Å²) in [6.07, 6.45) is 0.910. The highest BCUT2D eigenvalue weighted by Crippen LogP contribution is 2.27. The molecule has 0 radical (unpaired) electrons. The molecule has 0 amide bonds. The summed E-state index contributed by atoms with van der Waals surface area (Å²) in [5.41, 5.74) is 3.40. The van der Waals surface area contributed by atoms with Gasteiger partial charge in [0.15, 0.2) is 0 Å². The van der Waals surface area contributed by atoms with Gasteiger partial charge in [0.05, 0.1) is 11.4 Å². The highest BCUT2D eigenvalue weighted by Gasteiger charge is 2.17. The third kappa shape index (κ3) is 2.84. The van der Waals surface area contributed by atoms with Crippen LogP contribution in [0.3, 0.4) is 0 Å². The number of hydrogen-bond acceptors (Lipinski definition) is 2. The smallest absolute Gasteiger partial charge is 0.121 e. The molecule has 1 atom stereocenters. The van der Waals surface area contributed by atoms with Crippen molar-refractivity contribution in [3.05, 3.63) is 82.6 Å². The quantitative estimate of drug-likeness (QED) is 0.796. The fourth-order valence-corrected chi connectivity index (χ4v) is 2.70. The summed E-state index contributed by atoms with van der Waals surface area (Å²) in [5, 5.41) is 15.6. The molecule has 1 aromatic heterocycles. The monoisotopic (exact) mass is 298 g/mol. The van der Waals surface area contributed by atoms with Gasteiger partial charge in [-0.15, -0.1) is 0 Å². The van der Waals surface area contributed by atoms with Gasteiger partial charge < -0.3 is 5.11 Å². The molecule has 3 aromatic rings. The largest absolute Gasteiger partial charge is 0.382 e. The molecule has 3 rings (SSSR count). The first kappa shape index (κ1) is 13.9. The van der Waals surface area contributed by atoms with Gasteiger partial charge in [-0.3, -0.25) is 0 Å². The Hall–Kier alpha value is -2.10. The van der Waals surface area contributed by atoms with Crippen LogP contribution in [0.15, 0.2) is 60.8 Å². The van der Waals surface area contributed by atoms with Gasteiger partial charge in [0.1, 0.15) is 6.10 Å². The highest BCUT2D eigenvalue weighted by atomic mass is 35.5. The van der Waals surface area contributed by atoms with Crippen LogP contribution in [0, 0.1) is 6.92 Å². The third-order valence-corrected chi connectivity index (χ3v) is 3.55. The minimum absolute atomic E-state index is 0.620. The molecule has 2 aromatic carbocycles. The molecule has 3 nitrogen and oxygen atoms in total. The molecule has 106 valence electrons. The second-order valence-electron chi connectivity index (χ2n) is 4.97. The van der Waals surface area contributed by atoms with Crippen LogP contribution in [0.25, 0.3) is 5.69 Å². The molecule has 0 saturated carbocycles. The van der Waals surface area contributed by atoms with Crippen LogP contribution in [0.1, 0.15) is 22.9 Å². The highest BCUT2D eigenvalue weighted by molar-refractivity contribution is 6.30. The van der Waals surface area contributed by atoms with Gasteiger partial charge in [-0.05, 0) is 48.4 Å². The van der Waals surface area contributed by atoms with E-state index < -0.39 is 6.10 Å². The van der Waals surface area contributed by atoms with Crippen LogP contribution in [0.4, 0.5) is 0 Å². The Morgan fingerprint density at radius 2 is 1.86 bits per heavy atom. The number of para-hydroxylation sites is 1. The van der Waals surface area contributed by atoms with E-state index in [1.807, 2.05) is 55.5 Å². The van der Waals surface area contributed by atoms with Crippen molar-refractivity contribution >= 4 is 11.6 Å². The average molecular weight is 299 g/mol. The van der Waals surface area contributed by atoms with E-state index >= 15 is 0 Å². The molecule has 1 heterocycles. The molecule has 4 heteroatoms. The Morgan fingerprint density at radius 3 is 2.57 bits per heavy atom. The van der Waals surface area contributed by atoms with Crippen molar-refractivity contribution in [2.24, 2.45) is 0 Å². The molecule has 0 spiro atoms. The van der Waals surface area contributed by atoms with Gasteiger partial charge in [-0.1, -0.05) is 35.9 Å². The standard InChI is InChI=1S/C17H15ClN2O/c1-12-9-13(11-14(18)10-12)17(21)16-7-8-19-20(16)15-5-3-2-4-6-15/h2-11,17,21H,1H3. The lowest BCUT2D eigenvalue weighted by molar-refractivity contribution is 0.212. The molecular formula is C17H15ClN2O. The van der Waals surface area contributed by atoms with E-state index in [0.29, 0.717) is 10.7 Å². The fraction of sp³-hybridized carbons (Fsp3) is 0.118. The van der Waals surface area contributed by atoms with Crippen LogP contribution >= 0.6 is 11.6 Å². The van der Waals surface area contributed by atoms with Gasteiger partial charge in [0, 0.05) is 11.2 Å². The maximum Gasteiger partial charge on any atom is 0.121 e. The zero-order valence-electron chi connectivity index (χ0n) is 11.6. The Bertz CT molecular complexity index is 732. The normalized spacial score (nSPS) is 12.3. The Labute approximate surface area is 128 Å². The minimum Gasteiger partial charge on any atom is -0.382 e. The molecule has 0 aliphatic heterocycles. The Morgan fingerprint density at radius 1 is 1.10 bits per heavy atom. The maximum atomic E-state index is 10.7. The first-order valence-corrected chi connectivity index (χ1v) is 7.07. The molecular weight excluding hydrogens is 284 g/mol. The van der Waals surface area contributed by atoms with E-state index in [4.69, 9.17) is 11.6 Å². The second kappa shape index (κ2) is 5.72. The molecule has 0 aliphatic carbocycles. The molecule has 21 heavy (non-hydrogen) atoms. The van der Waals surface area contributed by atoms with Crippen molar-refractivity contribution in [3.8, 4) is 5.69 Å². The number of aryl methyl sites for hydroxylation is 1. The van der Waals surface area contributed by atoms with Gasteiger partial charge in [0.2, 0.25) is 0 Å². The van der Waals surface area contributed by atoms with E-state index in [1.165, 1.54) is 0 Å². The summed E-state index contributed by atoms with van der Waals surface area (Å²) in [7, 11) is 0. The van der Waals surface area contributed by atoms with Gasteiger partial charge in [0.25, 0.3) is 0 Å². The lowest BCUT2D eigenvalue weighted by Crippen LogP contribution is -2.08. The summed E-state index contributed by atoms with van der Waals surface area (Å²) in [5.74, 6) is 0. The second-order valence-corrected chi connectivity index (χ2v) is 5.40. The molecule has 0 fully saturated rings. The van der Waals surface area contributed by atoms with Crippen LogP contribution in [0.5, 0.6) is 0 Å². The van der Waals surface area contributed by atoms with Crippen molar-refractivity contribution in [2.45, 2.75) is 13.0 Å². The summed E-state index contributed by atoms with van der Waals surface area (Å²) >= 11 is 6.08. The van der Waals surface area contributed by atoms with Crippen molar-refractivity contribution in [2.75, 3.05) is 0 Å². The molecule has 1 unspecified atom stereocenters. The number of hydrogen-bond donors (Lipinski definition) is 1. The third-order valence-electron chi connectivity index (χ3n) is 3.33. The zero-order valence-corrected chi connectivity index (χ0v) is 12.3. The number of aliphatic hydroxyl groups excluding tert-OH is 1. The predicted molar refractivity (Wildman–Crippen MR) is 83.8 cm³/mol. The first-order valence-electron chi connectivity index (χ1n) is 6.69. The fourth-order valence-electron chi connectivity index (χ4n) is 2.40. The zero-order chi connectivity index (χ0) is 14.8. The van der Waals surface area contributed by atoms with Gasteiger partial charge in [-0.2, -0.15) is 5.10 Å². The molecule has 1 N–H and O–H groups in total. The molecule has 0 saturated heterocycles. The number of nitrogens with zero attached hydrogens (tertiary/aromatic N) is 2. The van der Waals surface area contributed by atoms with E-state index in [9.17, 15) is 5.11 Å². The lowest BCUT2D eigenvalue weighted by Gasteiger charge is -2.15. The van der Waals surface area contributed by atoms with E-state index in [0.717, 1.165) is 16.8 Å². The SMILES string of the molecule is Cc1cc(Cl)cc(C(O)c2ccnn2-c2ccccc2)c1. The van der Waals surface area contributed by atoms with Gasteiger partial charge >= 0.3 is 0 Å². The summed E-state index contributed by atoms with van der Waals surface area (Å²) in [6, 6.07) is 17.1. The Kier molecular flexibility index (Phi) is 3.78. The van der Waals surface area contributed by atoms with Crippen LogP contribution in [-0.2, 0) is 0 Å². The topological polar surface area (TPSA) is 38.1 Å². The van der Waals surface area contributed by atoms with Crippen LogP contribution in [0.2, 0.25) is 5.02 Å². The van der Waals surface area contributed by atoms with E-state index in [2.05, 4.69) is 5.10 Å². The van der Waals surface area contributed by atoms with Crippen LogP contribution in [-0.4, -0.2) is 14.9 Å². The maximum absolute atomic E-state index is 10.7. The van der Waals surface area contributed by atoms with Crippen molar-refractivity contribution in [3.63, 3.8) is 0 Å². The van der Waals surface area contributed by atoms with Crippen molar-refractivity contribution in [1.29, 1.82) is 0 Å². The van der Waals surface area contributed by atoms with Crippen molar-refractivity contribution in [1.82, 2.24) is 9.78 Å². The summed E-state index contributed by atoms with van der Waals surface area (Å²) in [4.78, 5) is 0. The Balaban J connectivity index is 2.03. The average Bonchev–Trinajstić information content (AvgIpc) is 2.95. The van der Waals surface area contributed by atoms with Crippen LogP contribution < -0.4 is 0 Å². The number of halogens is 1. The summed E-state index contributed by atoms with van der Waals surface area (Å²) < 4.78 is 1.74. The molecule has 0 aliphatic rings. The molecule has 0 bridgehead atoms. The minimum atomic E-state index is -0.773. The van der Waals surface area contributed by atoms with E-state index in [-0.39, 0.29) is 0 Å². The number of aromatic nitrogens is 2. The van der Waals surface area contributed by atoms with E-state index in [1.54, 1.807) is 16.9 Å².